The highest BCUT2D eigenvalue weighted by Crippen LogP contribution is 2.30. The Morgan fingerprint density at radius 3 is 2.81 bits per heavy atom. The second-order valence-corrected chi connectivity index (χ2v) is 7.59. The Bertz CT molecular complexity index is 796. The largest absolute Gasteiger partial charge is 0.487 e. The molecule has 3 aliphatic heterocycles. The van der Waals surface area contributed by atoms with Gasteiger partial charge in [0, 0.05) is 31.1 Å². The predicted molar refractivity (Wildman–Crippen MR) is 97.0 cm³/mol. The normalized spacial score (nSPS) is 28.9. The number of nitrogens with one attached hydrogen (secondary N) is 1. The molecule has 3 N–H and O–H groups in total. The molecule has 8 nitrogen and oxygen atoms in total. The molecule has 1 aromatic rings. The third kappa shape index (κ3) is 3.42. The lowest BCUT2D eigenvalue weighted by molar-refractivity contribution is -0.136. The molecule has 0 radical (unpaired) electrons. The van der Waals surface area contributed by atoms with E-state index in [2.05, 4.69) is 10.2 Å². The van der Waals surface area contributed by atoms with Crippen molar-refractivity contribution in [2.24, 2.45) is 5.73 Å². The minimum atomic E-state index is -0.604. The van der Waals surface area contributed by atoms with E-state index < -0.39 is 11.9 Å². The van der Waals surface area contributed by atoms with Crippen molar-refractivity contribution in [2.45, 2.75) is 44.0 Å². The van der Waals surface area contributed by atoms with Crippen molar-refractivity contribution in [1.29, 1.82) is 0 Å². The maximum absolute atomic E-state index is 12.7. The lowest BCUT2D eigenvalue weighted by atomic mass is 10.0. The predicted octanol–water partition coefficient (Wildman–Crippen LogP) is -0.142. The molecule has 27 heavy (non-hydrogen) atoms. The zero-order chi connectivity index (χ0) is 19.1. The summed E-state index contributed by atoms with van der Waals surface area (Å²) < 4.78 is 6.09. The van der Waals surface area contributed by atoms with Gasteiger partial charge in [0.2, 0.25) is 11.8 Å². The van der Waals surface area contributed by atoms with Crippen LogP contribution in [0.5, 0.6) is 5.75 Å². The molecule has 144 valence electrons. The van der Waals surface area contributed by atoms with Crippen LogP contribution < -0.4 is 15.8 Å². The molecule has 0 saturated carbocycles. The smallest absolute Gasteiger partial charge is 0.255 e. The number of carbonyl (C=O) groups excluding carboxylic acids is 3. The number of fused-ring (bicyclic) bond motifs is 1. The van der Waals surface area contributed by atoms with Gasteiger partial charge in [0.05, 0.1) is 0 Å². The van der Waals surface area contributed by atoms with Gasteiger partial charge in [-0.05, 0) is 50.2 Å². The number of ether oxygens (including phenoxy) is 1. The highest BCUT2D eigenvalue weighted by Gasteiger charge is 2.39. The number of rotatable bonds is 3. The van der Waals surface area contributed by atoms with Gasteiger partial charge in [0.1, 0.15) is 17.9 Å². The van der Waals surface area contributed by atoms with Gasteiger partial charge in [-0.2, -0.15) is 0 Å². The molecule has 0 bridgehead atoms. The number of hydrogen-bond acceptors (Lipinski definition) is 6. The second-order valence-electron chi connectivity index (χ2n) is 7.59. The van der Waals surface area contributed by atoms with Crippen molar-refractivity contribution in [3.05, 3.63) is 29.3 Å². The summed E-state index contributed by atoms with van der Waals surface area (Å²) in [5.74, 6) is -0.187. The average molecular weight is 372 g/mol. The van der Waals surface area contributed by atoms with Gasteiger partial charge < -0.3 is 20.3 Å². The molecule has 4 rings (SSSR count). The Morgan fingerprint density at radius 1 is 1.22 bits per heavy atom. The van der Waals surface area contributed by atoms with E-state index in [9.17, 15) is 14.4 Å². The molecule has 2 saturated heterocycles. The maximum Gasteiger partial charge on any atom is 0.255 e. The van der Waals surface area contributed by atoms with Gasteiger partial charge in [-0.25, -0.2) is 0 Å². The van der Waals surface area contributed by atoms with E-state index in [1.807, 2.05) is 13.1 Å². The number of nitrogens with zero attached hydrogens (tertiary/aromatic N) is 2. The number of nitrogens with two attached hydrogens (primary N) is 1. The fourth-order valence-corrected chi connectivity index (χ4v) is 4.01. The van der Waals surface area contributed by atoms with Crippen molar-refractivity contribution in [2.75, 3.05) is 20.1 Å². The van der Waals surface area contributed by atoms with E-state index in [1.165, 1.54) is 4.90 Å². The van der Waals surface area contributed by atoms with Gasteiger partial charge in [0.15, 0.2) is 0 Å². The van der Waals surface area contributed by atoms with Crippen LogP contribution in [0.1, 0.15) is 35.2 Å². The fourth-order valence-electron chi connectivity index (χ4n) is 4.01. The Morgan fingerprint density at radius 2 is 2.04 bits per heavy atom. The highest BCUT2D eigenvalue weighted by atomic mass is 16.5. The molecule has 3 amide bonds. The Labute approximate surface area is 157 Å². The van der Waals surface area contributed by atoms with Crippen LogP contribution in [-0.2, 0) is 16.1 Å². The van der Waals surface area contributed by atoms with E-state index in [0.717, 1.165) is 25.1 Å². The lowest BCUT2D eigenvalue weighted by Crippen LogP contribution is -2.52. The molecule has 3 heterocycles. The van der Waals surface area contributed by atoms with E-state index in [4.69, 9.17) is 10.5 Å². The first-order valence-electron chi connectivity index (χ1n) is 9.31. The monoisotopic (exact) mass is 372 g/mol. The first-order valence-corrected chi connectivity index (χ1v) is 9.31. The number of carbonyl (C=O) groups is 3. The summed E-state index contributed by atoms with van der Waals surface area (Å²) in [7, 11) is 2.04. The third-order valence-corrected chi connectivity index (χ3v) is 5.60. The van der Waals surface area contributed by atoms with Gasteiger partial charge in [-0.3, -0.25) is 19.7 Å². The maximum atomic E-state index is 12.7. The van der Waals surface area contributed by atoms with Crippen LogP contribution in [0, 0.1) is 0 Å². The molecule has 1 unspecified atom stereocenters. The van der Waals surface area contributed by atoms with Crippen LogP contribution in [0.15, 0.2) is 18.2 Å². The van der Waals surface area contributed by atoms with Crippen molar-refractivity contribution >= 4 is 17.7 Å². The molecule has 3 aliphatic rings. The van der Waals surface area contributed by atoms with E-state index in [1.54, 1.807) is 12.1 Å². The molecule has 1 aromatic carbocycles. The quantitative estimate of drug-likeness (QED) is 0.716. The van der Waals surface area contributed by atoms with Crippen molar-refractivity contribution in [1.82, 2.24) is 15.1 Å². The van der Waals surface area contributed by atoms with E-state index in [0.29, 0.717) is 24.3 Å². The number of benzene rings is 1. The van der Waals surface area contributed by atoms with E-state index >= 15 is 0 Å². The van der Waals surface area contributed by atoms with Gasteiger partial charge >= 0.3 is 0 Å². The van der Waals surface area contributed by atoms with E-state index in [-0.39, 0.29) is 30.4 Å². The zero-order valence-electron chi connectivity index (χ0n) is 15.3. The van der Waals surface area contributed by atoms with Crippen LogP contribution in [-0.4, -0.2) is 65.8 Å². The minimum Gasteiger partial charge on any atom is -0.487 e. The van der Waals surface area contributed by atoms with Gasteiger partial charge in [0.25, 0.3) is 5.91 Å². The number of likely N-dealkylation sites (tertiary alicyclic amines) is 1. The van der Waals surface area contributed by atoms with Crippen molar-refractivity contribution in [3.63, 3.8) is 0 Å². The molecule has 0 aromatic heterocycles. The van der Waals surface area contributed by atoms with Crippen LogP contribution in [0.4, 0.5) is 0 Å². The Hall–Kier alpha value is -2.45. The lowest BCUT2D eigenvalue weighted by Gasteiger charge is -2.34. The summed E-state index contributed by atoms with van der Waals surface area (Å²) >= 11 is 0. The summed E-state index contributed by atoms with van der Waals surface area (Å²) in [5, 5.41) is 2.31. The molecule has 0 spiro atoms. The third-order valence-electron chi connectivity index (χ3n) is 5.60. The number of amides is 3. The van der Waals surface area contributed by atoms with Crippen LogP contribution in [0.2, 0.25) is 0 Å². The first kappa shape index (κ1) is 17.9. The zero-order valence-corrected chi connectivity index (χ0v) is 15.3. The number of hydrogen-bond donors (Lipinski definition) is 2. The standard InChI is InChI=1S/C19H24N4O4/c1-22-7-6-14(20)16(10-22)27-12-2-3-13-11(8-12)9-23(19(13)26)15-4-5-17(24)21-18(15)25/h2-3,8,14-16H,4-7,9-10,20H2,1H3,(H,21,24,25)/t14-,15?,16-/m1/s1. The average Bonchev–Trinajstić information content (AvgIpc) is 2.94. The number of likely N-dealkylation sites (N-methyl/N-ethyl adjacent to an activating group) is 1. The second kappa shape index (κ2) is 6.94. The highest BCUT2D eigenvalue weighted by molar-refractivity contribution is 6.05. The molecular formula is C19H24N4O4. The number of imide groups is 1. The van der Waals surface area contributed by atoms with Crippen molar-refractivity contribution < 1.29 is 19.1 Å². The molecule has 0 aliphatic carbocycles. The molecule has 3 atom stereocenters. The van der Waals surface area contributed by atoms with Crippen LogP contribution in [0.3, 0.4) is 0 Å². The summed E-state index contributed by atoms with van der Waals surface area (Å²) in [6.07, 6.45) is 1.40. The minimum absolute atomic E-state index is 0.0175. The Kier molecular flexibility index (Phi) is 4.61. The molecular weight excluding hydrogens is 348 g/mol. The summed E-state index contributed by atoms with van der Waals surface area (Å²) in [6, 6.07) is 4.77. The van der Waals surface area contributed by atoms with Gasteiger partial charge in [-0.15, -0.1) is 0 Å². The Balaban J connectivity index is 1.49. The summed E-state index contributed by atoms with van der Waals surface area (Å²) in [4.78, 5) is 39.9. The molecule has 8 heteroatoms. The topological polar surface area (TPSA) is 105 Å². The van der Waals surface area contributed by atoms with Gasteiger partial charge in [-0.1, -0.05) is 0 Å². The number of piperidine rings is 2. The van der Waals surface area contributed by atoms with Crippen LogP contribution in [0.25, 0.3) is 0 Å². The summed E-state index contributed by atoms with van der Waals surface area (Å²) in [6.45, 7) is 2.06. The summed E-state index contributed by atoms with van der Waals surface area (Å²) in [5.41, 5.74) is 7.60. The molecule has 2 fully saturated rings. The first-order chi connectivity index (χ1) is 12.9. The fraction of sp³-hybridized carbons (Fsp3) is 0.526. The van der Waals surface area contributed by atoms with Crippen molar-refractivity contribution in [3.8, 4) is 5.75 Å². The SMILES string of the molecule is CN1CC[C@@H](N)[C@H](Oc2ccc3c(c2)CN(C2CCC(=O)NC2=O)C3=O)C1. The van der Waals surface area contributed by atoms with Crippen LogP contribution >= 0.6 is 0 Å².